The summed E-state index contributed by atoms with van der Waals surface area (Å²) in [4.78, 5) is 12.9. The van der Waals surface area contributed by atoms with Crippen LogP contribution in [0.15, 0.2) is 0 Å². The van der Waals surface area contributed by atoms with E-state index in [1.165, 1.54) is 25.7 Å². The van der Waals surface area contributed by atoms with Crippen LogP contribution in [0.3, 0.4) is 0 Å². The minimum absolute atomic E-state index is 0.187. The quantitative estimate of drug-likeness (QED) is 0.631. The summed E-state index contributed by atoms with van der Waals surface area (Å²) >= 11 is 0. The molecule has 2 fully saturated rings. The number of carbonyl (C=O) groups excluding carboxylic acids is 1. The van der Waals surface area contributed by atoms with Crippen LogP contribution in [0, 0.1) is 34.5 Å². The Kier molecular flexibility index (Phi) is 6.29. The highest BCUT2D eigenvalue weighted by Crippen LogP contribution is 2.52. The van der Waals surface area contributed by atoms with Crippen LogP contribution in [0.1, 0.15) is 78.1 Å². The predicted molar refractivity (Wildman–Crippen MR) is 87.0 cm³/mol. The maximum atomic E-state index is 12.9. The van der Waals surface area contributed by atoms with Crippen LogP contribution in [0.2, 0.25) is 0 Å². The highest BCUT2D eigenvalue weighted by atomic mass is 16.5. The van der Waals surface area contributed by atoms with Crippen molar-refractivity contribution < 1.29 is 9.53 Å². The summed E-state index contributed by atoms with van der Waals surface area (Å²) in [7, 11) is 0. The molecule has 2 aliphatic rings. The molecule has 22 heavy (non-hydrogen) atoms. The second-order valence-electron chi connectivity index (χ2n) is 7.12. The molecule has 0 spiro atoms. The lowest BCUT2D eigenvalue weighted by atomic mass is 9.60. The van der Waals surface area contributed by atoms with E-state index in [-0.39, 0.29) is 17.8 Å². The van der Waals surface area contributed by atoms with E-state index >= 15 is 0 Å². The SMILES string of the molecule is CCCC(C1CCCC1)C(C#N)(C(=O)OCC)C1CCCC1. The third kappa shape index (κ3) is 3.16. The maximum absolute atomic E-state index is 12.9. The molecule has 0 aromatic carbocycles. The number of ether oxygens (including phenoxy) is 1. The van der Waals surface area contributed by atoms with Gasteiger partial charge >= 0.3 is 5.97 Å². The number of rotatable bonds is 7. The van der Waals surface area contributed by atoms with Gasteiger partial charge in [0.2, 0.25) is 0 Å². The molecule has 0 saturated heterocycles. The van der Waals surface area contributed by atoms with Gasteiger partial charge in [-0.1, -0.05) is 51.9 Å². The van der Waals surface area contributed by atoms with Gasteiger partial charge in [-0.05, 0) is 43.9 Å². The first-order chi connectivity index (χ1) is 10.7. The van der Waals surface area contributed by atoms with Gasteiger partial charge in [0.25, 0.3) is 0 Å². The van der Waals surface area contributed by atoms with Crippen molar-refractivity contribution in [2.24, 2.45) is 23.2 Å². The molecule has 3 nitrogen and oxygen atoms in total. The van der Waals surface area contributed by atoms with E-state index < -0.39 is 5.41 Å². The first-order valence-electron chi connectivity index (χ1n) is 9.29. The third-order valence-corrected chi connectivity index (χ3v) is 5.95. The van der Waals surface area contributed by atoms with E-state index in [0.717, 1.165) is 38.5 Å². The van der Waals surface area contributed by atoms with Gasteiger partial charge < -0.3 is 4.74 Å². The van der Waals surface area contributed by atoms with Crippen LogP contribution in [0.5, 0.6) is 0 Å². The number of nitriles is 1. The van der Waals surface area contributed by atoms with Crippen LogP contribution >= 0.6 is 0 Å². The molecule has 2 rings (SSSR count). The van der Waals surface area contributed by atoms with Crippen LogP contribution < -0.4 is 0 Å². The first kappa shape index (κ1) is 17.3. The van der Waals surface area contributed by atoms with Crippen molar-refractivity contribution >= 4 is 5.97 Å². The Morgan fingerprint density at radius 1 is 1.18 bits per heavy atom. The molecule has 2 atom stereocenters. The van der Waals surface area contributed by atoms with Crippen molar-refractivity contribution in [2.45, 2.75) is 78.1 Å². The molecule has 0 aromatic heterocycles. The van der Waals surface area contributed by atoms with Crippen LogP contribution in [-0.2, 0) is 9.53 Å². The van der Waals surface area contributed by atoms with E-state index in [4.69, 9.17) is 4.74 Å². The topological polar surface area (TPSA) is 50.1 Å². The minimum Gasteiger partial charge on any atom is -0.465 e. The Morgan fingerprint density at radius 2 is 1.77 bits per heavy atom. The third-order valence-electron chi connectivity index (χ3n) is 5.95. The molecule has 3 heteroatoms. The molecule has 0 bridgehead atoms. The lowest BCUT2D eigenvalue weighted by Crippen LogP contribution is -2.47. The molecule has 0 aromatic rings. The van der Waals surface area contributed by atoms with E-state index in [9.17, 15) is 10.1 Å². The molecular weight excluding hydrogens is 274 g/mol. The second kappa shape index (κ2) is 7.99. The Hall–Kier alpha value is -1.04. The molecule has 0 heterocycles. The van der Waals surface area contributed by atoms with Gasteiger partial charge in [0.05, 0.1) is 12.7 Å². The Morgan fingerprint density at radius 3 is 2.27 bits per heavy atom. The van der Waals surface area contributed by atoms with Gasteiger partial charge in [-0.25, -0.2) is 0 Å². The number of esters is 1. The molecule has 0 aliphatic heterocycles. The predicted octanol–water partition coefficient (Wildman–Crippen LogP) is 4.86. The molecule has 0 radical (unpaired) electrons. The zero-order chi connectivity index (χ0) is 16.0. The molecule has 2 unspecified atom stereocenters. The van der Waals surface area contributed by atoms with Crippen LogP contribution in [0.4, 0.5) is 0 Å². The highest BCUT2D eigenvalue weighted by molar-refractivity contribution is 5.81. The van der Waals surface area contributed by atoms with Gasteiger partial charge in [0.15, 0.2) is 5.41 Å². The molecule has 2 saturated carbocycles. The Labute approximate surface area is 135 Å². The largest absolute Gasteiger partial charge is 0.465 e. The van der Waals surface area contributed by atoms with Gasteiger partial charge in [-0.15, -0.1) is 0 Å². The summed E-state index contributed by atoms with van der Waals surface area (Å²) in [6.07, 6.45) is 11.2. The smallest absolute Gasteiger partial charge is 0.327 e. The monoisotopic (exact) mass is 305 g/mol. The molecule has 2 aliphatic carbocycles. The number of nitrogens with zero attached hydrogens (tertiary/aromatic N) is 1. The summed E-state index contributed by atoms with van der Waals surface area (Å²) in [5.41, 5.74) is -0.891. The van der Waals surface area contributed by atoms with Crippen molar-refractivity contribution in [3.8, 4) is 6.07 Å². The zero-order valence-electron chi connectivity index (χ0n) is 14.3. The van der Waals surface area contributed by atoms with Crippen molar-refractivity contribution in [1.82, 2.24) is 0 Å². The molecule has 124 valence electrons. The summed E-state index contributed by atoms with van der Waals surface area (Å²) < 4.78 is 5.44. The normalized spacial score (nSPS) is 23.9. The van der Waals surface area contributed by atoms with Crippen molar-refractivity contribution in [3.05, 3.63) is 0 Å². The van der Waals surface area contributed by atoms with E-state index in [0.29, 0.717) is 12.5 Å². The van der Waals surface area contributed by atoms with Crippen LogP contribution in [0.25, 0.3) is 0 Å². The van der Waals surface area contributed by atoms with Gasteiger partial charge in [0.1, 0.15) is 0 Å². The molecule has 0 N–H and O–H groups in total. The molecular formula is C19H31NO2. The standard InChI is InChI=1S/C19H31NO2/c1-3-9-17(15-10-5-6-11-15)19(14-20,18(21)22-4-2)16-12-7-8-13-16/h15-17H,3-13H2,1-2H3. The fourth-order valence-corrected chi connectivity index (χ4v) is 4.98. The Balaban J connectivity index is 2.38. The van der Waals surface area contributed by atoms with E-state index in [1.807, 2.05) is 6.92 Å². The summed E-state index contributed by atoms with van der Waals surface area (Å²) in [5.74, 6) is 0.695. The van der Waals surface area contributed by atoms with Crippen LogP contribution in [-0.4, -0.2) is 12.6 Å². The van der Waals surface area contributed by atoms with Crippen molar-refractivity contribution in [1.29, 1.82) is 5.26 Å². The average Bonchev–Trinajstić information content (AvgIpc) is 3.21. The van der Waals surface area contributed by atoms with Crippen molar-refractivity contribution in [2.75, 3.05) is 6.61 Å². The number of carbonyl (C=O) groups is 1. The number of hydrogen-bond acceptors (Lipinski definition) is 3. The minimum atomic E-state index is -0.891. The second-order valence-corrected chi connectivity index (χ2v) is 7.12. The highest BCUT2D eigenvalue weighted by Gasteiger charge is 2.55. The van der Waals surface area contributed by atoms with E-state index in [1.54, 1.807) is 0 Å². The summed E-state index contributed by atoms with van der Waals surface area (Å²) in [6.45, 7) is 4.39. The van der Waals surface area contributed by atoms with Gasteiger partial charge in [-0.3, -0.25) is 4.79 Å². The van der Waals surface area contributed by atoms with Gasteiger partial charge in [0, 0.05) is 0 Å². The lowest BCUT2D eigenvalue weighted by Gasteiger charge is -2.40. The van der Waals surface area contributed by atoms with Crippen molar-refractivity contribution in [3.63, 3.8) is 0 Å². The van der Waals surface area contributed by atoms with E-state index in [2.05, 4.69) is 13.0 Å². The lowest BCUT2D eigenvalue weighted by molar-refractivity contribution is -0.160. The molecule has 0 amide bonds. The fraction of sp³-hybridized carbons (Fsp3) is 0.895. The average molecular weight is 305 g/mol. The zero-order valence-corrected chi connectivity index (χ0v) is 14.3. The maximum Gasteiger partial charge on any atom is 0.327 e. The van der Waals surface area contributed by atoms with Gasteiger partial charge in [-0.2, -0.15) is 5.26 Å². The Bertz CT molecular complexity index is 402. The fourth-order valence-electron chi connectivity index (χ4n) is 4.98. The summed E-state index contributed by atoms with van der Waals surface area (Å²) in [5, 5.41) is 10.1. The number of hydrogen-bond donors (Lipinski definition) is 0. The first-order valence-corrected chi connectivity index (χ1v) is 9.29. The summed E-state index contributed by atoms with van der Waals surface area (Å²) in [6, 6.07) is 2.53.